The standard InChI is InChI=1S/C17H29N3O/c1-13(2)9-15(11-18)10-17(21)19-16-7-5-14(6-8-16)12-20(3)4/h5-8,13,15H,9-12,18H2,1-4H3,(H,19,21). The normalized spacial score (nSPS) is 12.7. The molecule has 0 radical (unpaired) electrons. The molecule has 118 valence electrons. The first-order valence-electron chi connectivity index (χ1n) is 7.64. The van der Waals surface area contributed by atoms with E-state index in [1.165, 1.54) is 5.56 Å². The van der Waals surface area contributed by atoms with Crippen LogP contribution in [0.3, 0.4) is 0 Å². The van der Waals surface area contributed by atoms with Crippen molar-refractivity contribution in [3.05, 3.63) is 29.8 Å². The summed E-state index contributed by atoms with van der Waals surface area (Å²) >= 11 is 0. The SMILES string of the molecule is CC(C)CC(CN)CC(=O)Nc1ccc(CN(C)C)cc1. The zero-order chi connectivity index (χ0) is 15.8. The lowest BCUT2D eigenvalue weighted by atomic mass is 9.94. The van der Waals surface area contributed by atoms with E-state index in [0.717, 1.165) is 18.7 Å². The van der Waals surface area contributed by atoms with Crippen LogP contribution in [-0.4, -0.2) is 31.4 Å². The highest BCUT2D eigenvalue weighted by atomic mass is 16.1. The number of nitrogens with two attached hydrogens (primary N) is 1. The molecule has 0 saturated heterocycles. The van der Waals surface area contributed by atoms with Gasteiger partial charge in [-0.1, -0.05) is 26.0 Å². The maximum absolute atomic E-state index is 12.1. The molecule has 1 atom stereocenters. The molecule has 3 N–H and O–H groups in total. The molecule has 4 nitrogen and oxygen atoms in total. The van der Waals surface area contributed by atoms with Crippen LogP contribution in [0.4, 0.5) is 5.69 Å². The summed E-state index contributed by atoms with van der Waals surface area (Å²) in [6, 6.07) is 8.00. The van der Waals surface area contributed by atoms with Crippen molar-refractivity contribution in [1.82, 2.24) is 4.90 Å². The number of anilines is 1. The second-order valence-corrected chi connectivity index (χ2v) is 6.42. The summed E-state index contributed by atoms with van der Waals surface area (Å²) in [7, 11) is 4.08. The van der Waals surface area contributed by atoms with Gasteiger partial charge < -0.3 is 16.0 Å². The van der Waals surface area contributed by atoms with E-state index in [4.69, 9.17) is 5.73 Å². The molecule has 1 amide bonds. The maximum atomic E-state index is 12.1. The molecule has 0 heterocycles. The number of carbonyl (C=O) groups excluding carboxylic acids is 1. The molecule has 0 aliphatic rings. The minimum atomic E-state index is 0.0476. The fraction of sp³-hybridized carbons (Fsp3) is 0.588. The molecule has 21 heavy (non-hydrogen) atoms. The van der Waals surface area contributed by atoms with Gasteiger partial charge in [0.05, 0.1) is 0 Å². The molecule has 4 heteroatoms. The Labute approximate surface area is 128 Å². The number of hydrogen-bond acceptors (Lipinski definition) is 3. The monoisotopic (exact) mass is 291 g/mol. The van der Waals surface area contributed by atoms with E-state index in [-0.39, 0.29) is 11.8 Å². The Hall–Kier alpha value is -1.39. The second kappa shape index (κ2) is 8.80. The zero-order valence-electron chi connectivity index (χ0n) is 13.7. The molecule has 0 aliphatic carbocycles. The predicted molar refractivity (Wildman–Crippen MR) is 89.1 cm³/mol. The highest BCUT2D eigenvalue weighted by molar-refractivity contribution is 5.90. The first-order valence-corrected chi connectivity index (χ1v) is 7.64. The third-order valence-electron chi connectivity index (χ3n) is 3.35. The van der Waals surface area contributed by atoms with E-state index in [0.29, 0.717) is 18.9 Å². The Balaban J connectivity index is 2.50. The number of nitrogens with zero attached hydrogens (tertiary/aromatic N) is 1. The molecule has 0 fully saturated rings. The summed E-state index contributed by atoms with van der Waals surface area (Å²) in [5.74, 6) is 0.876. The first-order chi connectivity index (χ1) is 9.90. The molecule has 1 rings (SSSR count). The molecule has 0 aliphatic heterocycles. The molecule has 0 saturated carbocycles. The van der Waals surface area contributed by atoms with Crippen molar-refractivity contribution >= 4 is 11.6 Å². The van der Waals surface area contributed by atoms with E-state index in [1.807, 2.05) is 38.4 Å². The van der Waals surface area contributed by atoms with Crippen LogP contribution in [0.5, 0.6) is 0 Å². The van der Waals surface area contributed by atoms with Gasteiger partial charge in [-0.2, -0.15) is 0 Å². The Morgan fingerprint density at radius 2 is 1.86 bits per heavy atom. The quantitative estimate of drug-likeness (QED) is 0.774. The van der Waals surface area contributed by atoms with Crippen LogP contribution >= 0.6 is 0 Å². The summed E-state index contributed by atoms with van der Waals surface area (Å²) < 4.78 is 0. The van der Waals surface area contributed by atoms with E-state index in [2.05, 4.69) is 24.1 Å². The fourth-order valence-corrected chi connectivity index (χ4v) is 2.46. The third-order valence-corrected chi connectivity index (χ3v) is 3.35. The van der Waals surface area contributed by atoms with E-state index < -0.39 is 0 Å². The number of benzene rings is 1. The summed E-state index contributed by atoms with van der Waals surface area (Å²) in [6.45, 7) is 5.78. The predicted octanol–water partition coefficient (Wildman–Crippen LogP) is 2.70. The zero-order valence-corrected chi connectivity index (χ0v) is 13.7. The summed E-state index contributed by atoms with van der Waals surface area (Å²) in [6.07, 6.45) is 1.49. The summed E-state index contributed by atoms with van der Waals surface area (Å²) in [5.41, 5.74) is 7.83. The second-order valence-electron chi connectivity index (χ2n) is 6.42. The average molecular weight is 291 g/mol. The molecule has 1 unspecified atom stereocenters. The van der Waals surface area contributed by atoms with Gasteiger partial charge in [0.1, 0.15) is 0 Å². The number of hydrogen-bond donors (Lipinski definition) is 2. The van der Waals surface area contributed by atoms with Gasteiger partial charge >= 0.3 is 0 Å². The lowest BCUT2D eigenvalue weighted by molar-refractivity contribution is -0.117. The maximum Gasteiger partial charge on any atom is 0.224 e. The Morgan fingerprint density at radius 1 is 1.24 bits per heavy atom. The first kappa shape index (κ1) is 17.7. The molecule has 0 spiro atoms. The smallest absolute Gasteiger partial charge is 0.224 e. The Bertz CT molecular complexity index is 426. The van der Waals surface area contributed by atoms with Crippen LogP contribution in [0.2, 0.25) is 0 Å². The van der Waals surface area contributed by atoms with Gasteiger partial charge in [0.25, 0.3) is 0 Å². The highest BCUT2D eigenvalue weighted by Crippen LogP contribution is 2.16. The van der Waals surface area contributed by atoms with Crippen molar-refractivity contribution in [2.75, 3.05) is 26.0 Å². The van der Waals surface area contributed by atoms with E-state index >= 15 is 0 Å². The number of amides is 1. The van der Waals surface area contributed by atoms with Crippen LogP contribution < -0.4 is 11.1 Å². The summed E-state index contributed by atoms with van der Waals surface area (Å²) in [4.78, 5) is 14.2. The lowest BCUT2D eigenvalue weighted by Gasteiger charge is -2.16. The number of nitrogens with one attached hydrogen (secondary N) is 1. The van der Waals surface area contributed by atoms with Crippen LogP contribution in [-0.2, 0) is 11.3 Å². The van der Waals surface area contributed by atoms with Gasteiger partial charge in [-0.3, -0.25) is 4.79 Å². The average Bonchev–Trinajstić information content (AvgIpc) is 2.39. The van der Waals surface area contributed by atoms with Crippen molar-refractivity contribution in [3.63, 3.8) is 0 Å². The van der Waals surface area contributed by atoms with Crippen LogP contribution in [0.15, 0.2) is 24.3 Å². The number of rotatable bonds is 8. The van der Waals surface area contributed by atoms with Gasteiger partial charge in [0.2, 0.25) is 5.91 Å². The van der Waals surface area contributed by atoms with Crippen molar-refractivity contribution in [2.45, 2.75) is 33.2 Å². The molecular weight excluding hydrogens is 262 g/mol. The van der Waals surface area contributed by atoms with Crippen molar-refractivity contribution < 1.29 is 4.79 Å². The van der Waals surface area contributed by atoms with Gasteiger partial charge in [-0.05, 0) is 56.6 Å². The van der Waals surface area contributed by atoms with Gasteiger partial charge in [0, 0.05) is 18.7 Å². The minimum absolute atomic E-state index is 0.0476. The molecule has 0 aromatic heterocycles. The summed E-state index contributed by atoms with van der Waals surface area (Å²) in [5, 5.41) is 2.95. The minimum Gasteiger partial charge on any atom is -0.330 e. The molecular formula is C17H29N3O. The highest BCUT2D eigenvalue weighted by Gasteiger charge is 2.14. The molecule has 1 aromatic carbocycles. The third kappa shape index (κ3) is 7.25. The van der Waals surface area contributed by atoms with Crippen LogP contribution in [0.1, 0.15) is 32.3 Å². The largest absolute Gasteiger partial charge is 0.330 e. The van der Waals surface area contributed by atoms with Crippen LogP contribution in [0.25, 0.3) is 0 Å². The fourth-order valence-electron chi connectivity index (χ4n) is 2.46. The topological polar surface area (TPSA) is 58.4 Å². The molecule has 1 aromatic rings. The Kier molecular flexibility index (Phi) is 7.40. The van der Waals surface area contributed by atoms with E-state index in [9.17, 15) is 4.79 Å². The van der Waals surface area contributed by atoms with Gasteiger partial charge in [-0.15, -0.1) is 0 Å². The van der Waals surface area contributed by atoms with E-state index in [1.54, 1.807) is 0 Å². The van der Waals surface area contributed by atoms with Gasteiger partial charge in [0.15, 0.2) is 0 Å². The van der Waals surface area contributed by atoms with Crippen molar-refractivity contribution in [3.8, 4) is 0 Å². The molecule has 0 bridgehead atoms. The van der Waals surface area contributed by atoms with Crippen molar-refractivity contribution in [1.29, 1.82) is 0 Å². The van der Waals surface area contributed by atoms with Crippen molar-refractivity contribution in [2.24, 2.45) is 17.6 Å². The number of carbonyl (C=O) groups is 1. The Morgan fingerprint density at radius 3 is 2.33 bits per heavy atom. The van der Waals surface area contributed by atoms with Crippen LogP contribution in [0, 0.1) is 11.8 Å². The van der Waals surface area contributed by atoms with Gasteiger partial charge in [-0.25, -0.2) is 0 Å². The lowest BCUT2D eigenvalue weighted by Crippen LogP contribution is -2.23.